The number of rotatable bonds is 5. The van der Waals surface area contributed by atoms with Crippen LogP contribution in [0.1, 0.15) is 11.1 Å². The molecule has 0 unspecified atom stereocenters. The Balaban J connectivity index is 1.22. The van der Waals surface area contributed by atoms with Crippen molar-refractivity contribution < 1.29 is 4.39 Å². The molecule has 2 heterocycles. The Morgan fingerprint density at radius 1 is 0.457 bits per heavy atom. The van der Waals surface area contributed by atoms with Crippen LogP contribution < -0.4 is 0 Å². The summed E-state index contributed by atoms with van der Waals surface area (Å²) < 4.78 is 16.1. The minimum absolute atomic E-state index is 0.211. The van der Waals surface area contributed by atoms with Gasteiger partial charge < -0.3 is 0 Å². The molecule has 0 saturated carbocycles. The van der Waals surface area contributed by atoms with Crippen molar-refractivity contribution in [3.63, 3.8) is 0 Å². The second-order valence-electron chi connectivity index (χ2n) is 11.6. The van der Waals surface area contributed by atoms with Gasteiger partial charge in [0, 0.05) is 36.9 Å². The lowest BCUT2D eigenvalue weighted by Crippen LogP contribution is -2.00. The smallest absolute Gasteiger partial charge is 0.164 e. The van der Waals surface area contributed by atoms with Crippen molar-refractivity contribution >= 4 is 31.5 Å². The first-order chi connectivity index (χ1) is 22.5. The van der Waals surface area contributed by atoms with Crippen molar-refractivity contribution in [3.8, 4) is 56.4 Å². The summed E-state index contributed by atoms with van der Waals surface area (Å²) in [6.45, 7) is 4.15. The second-order valence-corrected chi connectivity index (χ2v) is 12.7. The summed E-state index contributed by atoms with van der Waals surface area (Å²) in [4.78, 5) is 14.8. The summed E-state index contributed by atoms with van der Waals surface area (Å²) in [6, 6.07) is 44.9. The van der Waals surface area contributed by atoms with E-state index < -0.39 is 0 Å². The maximum atomic E-state index is 14.0. The molecule has 6 aromatic carbocycles. The summed E-state index contributed by atoms with van der Waals surface area (Å²) >= 11 is 1.64. The highest BCUT2D eigenvalue weighted by molar-refractivity contribution is 7.26. The van der Waals surface area contributed by atoms with Gasteiger partial charge in [0.25, 0.3) is 0 Å². The van der Waals surface area contributed by atoms with Crippen molar-refractivity contribution in [2.45, 2.75) is 13.8 Å². The van der Waals surface area contributed by atoms with Crippen LogP contribution in [0.5, 0.6) is 0 Å². The Kier molecular flexibility index (Phi) is 6.96. The highest BCUT2D eigenvalue weighted by atomic mass is 32.1. The molecule has 220 valence electrons. The number of hydrogen-bond acceptors (Lipinski definition) is 4. The van der Waals surface area contributed by atoms with Gasteiger partial charge in [-0.25, -0.2) is 19.3 Å². The van der Waals surface area contributed by atoms with Gasteiger partial charge in [0.05, 0.1) is 0 Å². The summed E-state index contributed by atoms with van der Waals surface area (Å²) in [5.74, 6) is 1.70. The first-order valence-electron chi connectivity index (χ1n) is 15.2. The number of benzene rings is 6. The van der Waals surface area contributed by atoms with E-state index in [1.165, 1.54) is 17.2 Å². The molecular formula is C41H28FN3S. The Morgan fingerprint density at radius 2 is 0.978 bits per heavy atom. The average molecular weight is 614 g/mol. The molecule has 2 aromatic heterocycles. The van der Waals surface area contributed by atoms with Gasteiger partial charge in [-0.2, -0.15) is 0 Å². The lowest BCUT2D eigenvalue weighted by Gasteiger charge is -2.11. The van der Waals surface area contributed by atoms with Gasteiger partial charge in [-0.1, -0.05) is 120 Å². The van der Waals surface area contributed by atoms with Crippen LogP contribution in [0.15, 0.2) is 133 Å². The van der Waals surface area contributed by atoms with Crippen LogP contribution >= 0.6 is 11.3 Å². The molecule has 8 rings (SSSR count). The van der Waals surface area contributed by atoms with Crippen molar-refractivity contribution in [2.24, 2.45) is 0 Å². The topological polar surface area (TPSA) is 38.7 Å². The van der Waals surface area contributed by atoms with E-state index in [0.29, 0.717) is 17.5 Å². The Bertz CT molecular complexity index is 2330. The molecule has 0 atom stereocenters. The standard InChI is InChI=1S/C41H28FN3S/c1-25-12-16-27(17-13-25)39-43-40(28-18-14-26(2)15-19-28)45-41(44-39)32-9-4-7-30(23-32)29-6-3-8-31(22-29)34-10-5-11-36-35-21-20-33(42)24-37(35)46-38(34)36/h3-24H,1-2H3. The van der Waals surface area contributed by atoms with Crippen LogP contribution in [0.25, 0.3) is 76.6 Å². The molecule has 8 aromatic rings. The van der Waals surface area contributed by atoms with Crippen LogP contribution in [0.2, 0.25) is 0 Å². The van der Waals surface area contributed by atoms with E-state index >= 15 is 0 Å². The zero-order chi connectivity index (χ0) is 31.2. The lowest BCUT2D eigenvalue weighted by atomic mass is 9.97. The molecule has 46 heavy (non-hydrogen) atoms. The maximum Gasteiger partial charge on any atom is 0.164 e. The number of aromatic nitrogens is 3. The summed E-state index contributed by atoms with van der Waals surface area (Å²) in [7, 11) is 0. The van der Waals surface area contributed by atoms with Crippen molar-refractivity contribution in [2.75, 3.05) is 0 Å². The largest absolute Gasteiger partial charge is 0.208 e. The quantitative estimate of drug-likeness (QED) is 0.194. The molecule has 0 aliphatic heterocycles. The monoisotopic (exact) mass is 613 g/mol. The van der Waals surface area contributed by atoms with Gasteiger partial charge in [0.2, 0.25) is 0 Å². The van der Waals surface area contributed by atoms with Crippen LogP contribution in [0.3, 0.4) is 0 Å². The number of fused-ring (bicyclic) bond motifs is 3. The van der Waals surface area contributed by atoms with Crippen LogP contribution in [-0.4, -0.2) is 15.0 Å². The maximum absolute atomic E-state index is 14.0. The molecule has 0 N–H and O–H groups in total. The van der Waals surface area contributed by atoms with E-state index in [-0.39, 0.29) is 5.82 Å². The molecule has 0 aliphatic carbocycles. The number of thiophene rings is 1. The SMILES string of the molecule is Cc1ccc(-c2nc(-c3ccc(C)cc3)nc(-c3cccc(-c4cccc(-c5cccc6c5sc5cc(F)ccc56)c4)c3)n2)cc1. The van der Waals surface area contributed by atoms with Gasteiger partial charge >= 0.3 is 0 Å². The van der Waals surface area contributed by atoms with E-state index in [1.807, 2.05) is 6.07 Å². The summed E-state index contributed by atoms with van der Waals surface area (Å²) in [5, 5.41) is 2.23. The Labute approximate surface area is 270 Å². The van der Waals surface area contributed by atoms with E-state index in [2.05, 4.69) is 129 Å². The van der Waals surface area contributed by atoms with E-state index in [4.69, 9.17) is 15.0 Å². The first kappa shape index (κ1) is 28.0. The van der Waals surface area contributed by atoms with Crippen molar-refractivity contribution in [1.29, 1.82) is 0 Å². The van der Waals surface area contributed by atoms with Crippen LogP contribution in [-0.2, 0) is 0 Å². The van der Waals surface area contributed by atoms with E-state index in [9.17, 15) is 4.39 Å². The third kappa shape index (κ3) is 5.25. The average Bonchev–Trinajstić information content (AvgIpc) is 3.46. The highest BCUT2D eigenvalue weighted by Crippen LogP contribution is 2.41. The number of nitrogens with zero attached hydrogens (tertiary/aromatic N) is 3. The highest BCUT2D eigenvalue weighted by Gasteiger charge is 2.15. The number of hydrogen-bond donors (Lipinski definition) is 0. The third-order valence-corrected chi connectivity index (χ3v) is 9.55. The predicted molar refractivity (Wildman–Crippen MR) is 189 cm³/mol. The molecule has 0 fully saturated rings. The van der Waals surface area contributed by atoms with Crippen LogP contribution in [0.4, 0.5) is 4.39 Å². The molecule has 0 spiro atoms. The molecule has 0 saturated heterocycles. The second kappa shape index (κ2) is 11.4. The van der Waals surface area contributed by atoms with Crippen molar-refractivity contribution in [1.82, 2.24) is 15.0 Å². The van der Waals surface area contributed by atoms with Gasteiger partial charge in [-0.05, 0) is 60.4 Å². The van der Waals surface area contributed by atoms with Crippen LogP contribution in [0, 0.1) is 19.7 Å². The normalized spacial score (nSPS) is 11.4. The summed E-state index contributed by atoms with van der Waals surface area (Å²) in [6.07, 6.45) is 0. The molecule has 5 heteroatoms. The molecule has 0 radical (unpaired) electrons. The first-order valence-corrected chi connectivity index (χ1v) is 16.0. The van der Waals surface area contributed by atoms with Gasteiger partial charge in [0.15, 0.2) is 17.5 Å². The minimum Gasteiger partial charge on any atom is -0.208 e. The molecule has 0 amide bonds. The molecule has 0 bridgehead atoms. The number of halogens is 1. The lowest BCUT2D eigenvalue weighted by molar-refractivity contribution is 0.630. The fourth-order valence-corrected chi connectivity index (χ4v) is 7.14. The van der Waals surface area contributed by atoms with E-state index in [0.717, 1.165) is 59.1 Å². The van der Waals surface area contributed by atoms with Gasteiger partial charge in [0.1, 0.15) is 5.82 Å². The predicted octanol–water partition coefficient (Wildman–Crippen LogP) is 11.3. The van der Waals surface area contributed by atoms with Crippen molar-refractivity contribution in [3.05, 3.63) is 150 Å². The zero-order valence-electron chi connectivity index (χ0n) is 25.3. The Hall–Kier alpha value is -5.52. The summed E-state index contributed by atoms with van der Waals surface area (Å²) in [5.41, 5.74) is 9.60. The molecule has 3 nitrogen and oxygen atoms in total. The minimum atomic E-state index is -0.211. The van der Waals surface area contributed by atoms with E-state index in [1.54, 1.807) is 17.4 Å². The van der Waals surface area contributed by atoms with Gasteiger partial charge in [-0.15, -0.1) is 11.3 Å². The fourth-order valence-electron chi connectivity index (χ4n) is 5.87. The molecule has 0 aliphatic rings. The number of aryl methyl sites for hydroxylation is 2. The molecular weight excluding hydrogens is 586 g/mol. The Morgan fingerprint density at radius 3 is 1.61 bits per heavy atom. The fraction of sp³-hybridized carbons (Fsp3) is 0.0488. The third-order valence-electron chi connectivity index (χ3n) is 8.34. The van der Waals surface area contributed by atoms with Gasteiger partial charge in [-0.3, -0.25) is 0 Å². The zero-order valence-corrected chi connectivity index (χ0v) is 26.1.